The molecule has 0 aromatic heterocycles. The van der Waals surface area contributed by atoms with E-state index >= 15 is 0 Å². The molecule has 2 rings (SSSR count). The molecule has 0 unspecified atom stereocenters. The van der Waals surface area contributed by atoms with Crippen LogP contribution in [0.25, 0.3) is 0 Å². The van der Waals surface area contributed by atoms with Crippen molar-refractivity contribution in [1.82, 2.24) is 0 Å². The molecule has 0 aromatic carbocycles. The minimum absolute atomic E-state index is 0.288. The molecule has 2 heteroatoms. The molecule has 1 saturated carbocycles. The van der Waals surface area contributed by atoms with Crippen LogP contribution < -0.4 is 0 Å². The number of hydrogen-bond donors (Lipinski definition) is 0. The van der Waals surface area contributed by atoms with E-state index in [-0.39, 0.29) is 5.79 Å². The number of rotatable bonds is 29. The molecule has 2 aliphatic rings. The highest BCUT2D eigenvalue weighted by Gasteiger charge is 2.48. The van der Waals surface area contributed by atoms with Crippen molar-refractivity contribution in [2.45, 2.75) is 219 Å². The van der Waals surface area contributed by atoms with Crippen molar-refractivity contribution in [1.29, 1.82) is 0 Å². The van der Waals surface area contributed by atoms with Gasteiger partial charge in [0.15, 0.2) is 5.79 Å². The summed E-state index contributed by atoms with van der Waals surface area (Å²) in [5.74, 6) is 0.545. The van der Waals surface area contributed by atoms with Crippen LogP contribution in [-0.4, -0.2) is 18.0 Å². The lowest BCUT2D eigenvalue weighted by Crippen LogP contribution is -2.31. The highest BCUT2D eigenvalue weighted by Crippen LogP contribution is 2.44. The van der Waals surface area contributed by atoms with Gasteiger partial charge >= 0.3 is 0 Å². The zero-order chi connectivity index (χ0) is 32.1. The Balaban J connectivity index is 1.58. The van der Waals surface area contributed by atoms with Crippen LogP contribution in [0.15, 0.2) is 48.6 Å². The predicted octanol–water partition coefficient (Wildman–Crippen LogP) is 14.3. The van der Waals surface area contributed by atoms with E-state index in [0.717, 1.165) is 31.6 Å². The summed E-state index contributed by atoms with van der Waals surface area (Å²) in [6, 6.07) is 0. The summed E-state index contributed by atoms with van der Waals surface area (Å²) in [4.78, 5) is 0. The maximum atomic E-state index is 6.88. The Hall–Kier alpha value is -1.12. The average Bonchev–Trinajstić information content (AvgIpc) is 3.42. The molecule has 1 saturated heterocycles. The molecule has 3 atom stereocenters. The van der Waals surface area contributed by atoms with E-state index in [0.29, 0.717) is 12.2 Å². The van der Waals surface area contributed by atoms with Crippen LogP contribution in [0, 0.1) is 5.92 Å². The minimum Gasteiger partial charge on any atom is -0.344 e. The van der Waals surface area contributed by atoms with Crippen LogP contribution in [0.2, 0.25) is 0 Å². The third-order valence-electron chi connectivity index (χ3n) is 10.2. The third-order valence-corrected chi connectivity index (χ3v) is 10.2. The fourth-order valence-electron chi connectivity index (χ4n) is 7.14. The molecule has 1 aliphatic heterocycles. The van der Waals surface area contributed by atoms with Gasteiger partial charge in [0.05, 0.1) is 12.2 Å². The normalized spacial score (nSPS) is 21.7. The van der Waals surface area contributed by atoms with E-state index in [2.05, 4.69) is 69.4 Å². The van der Waals surface area contributed by atoms with E-state index in [9.17, 15) is 0 Å². The zero-order valence-corrected chi connectivity index (χ0v) is 30.5. The van der Waals surface area contributed by atoms with Gasteiger partial charge < -0.3 is 9.47 Å². The van der Waals surface area contributed by atoms with Crippen molar-refractivity contribution in [3.8, 4) is 0 Å². The highest BCUT2D eigenvalue weighted by atomic mass is 16.8. The maximum absolute atomic E-state index is 6.88. The van der Waals surface area contributed by atoms with E-state index < -0.39 is 0 Å². The fraction of sp³-hybridized carbons (Fsp3) is 0.814. The Morgan fingerprint density at radius 3 is 1.36 bits per heavy atom. The number of ether oxygens (including phenoxy) is 2. The SMILES string of the molecule is CCCC/C=C\C/C=C\CCCCCCCCC1(CCCCCCCC/C=C\C/C=C\CCCC)O[C@@H]2CC[C@@H](CC)C[C@H]2O1. The fourth-order valence-corrected chi connectivity index (χ4v) is 7.14. The quantitative estimate of drug-likeness (QED) is 0.0609. The molecule has 0 N–H and O–H groups in total. The van der Waals surface area contributed by atoms with Crippen molar-refractivity contribution in [2.75, 3.05) is 0 Å². The second-order valence-electron chi connectivity index (χ2n) is 14.3. The van der Waals surface area contributed by atoms with Crippen LogP contribution in [0.1, 0.15) is 201 Å². The second kappa shape index (κ2) is 27.9. The summed E-state index contributed by atoms with van der Waals surface area (Å²) >= 11 is 0. The topological polar surface area (TPSA) is 18.5 Å². The van der Waals surface area contributed by atoms with Crippen LogP contribution in [0.3, 0.4) is 0 Å². The van der Waals surface area contributed by atoms with Gasteiger partial charge in [-0.3, -0.25) is 0 Å². The molecule has 0 amide bonds. The largest absolute Gasteiger partial charge is 0.344 e. The van der Waals surface area contributed by atoms with Gasteiger partial charge in [0.25, 0.3) is 0 Å². The first-order chi connectivity index (χ1) is 22.2. The molecule has 1 aliphatic carbocycles. The van der Waals surface area contributed by atoms with Gasteiger partial charge in [-0.2, -0.15) is 0 Å². The Labute approximate surface area is 282 Å². The Bertz CT molecular complexity index is 731. The van der Waals surface area contributed by atoms with Crippen molar-refractivity contribution >= 4 is 0 Å². The summed E-state index contributed by atoms with van der Waals surface area (Å²) in [5.41, 5.74) is 0. The van der Waals surface area contributed by atoms with Gasteiger partial charge in [0, 0.05) is 12.8 Å². The Morgan fingerprint density at radius 2 is 0.889 bits per heavy atom. The van der Waals surface area contributed by atoms with Crippen LogP contribution in [0.4, 0.5) is 0 Å². The lowest BCUT2D eigenvalue weighted by atomic mass is 9.84. The summed E-state index contributed by atoms with van der Waals surface area (Å²) in [7, 11) is 0. The van der Waals surface area contributed by atoms with Gasteiger partial charge in [-0.25, -0.2) is 0 Å². The molecule has 0 aromatic rings. The van der Waals surface area contributed by atoms with Crippen molar-refractivity contribution in [3.05, 3.63) is 48.6 Å². The lowest BCUT2D eigenvalue weighted by molar-refractivity contribution is -0.186. The zero-order valence-electron chi connectivity index (χ0n) is 30.5. The first kappa shape index (κ1) is 40.1. The summed E-state index contributed by atoms with van der Waals surface area (Å²) in [6.45, 7) is 6.87. The number of fused-ring (bicyclic) bond motifs is 1. The standard InChI is InChI=1S/C43H76O2/c1-4-7-9-11-13-15-17-19-21-23-25-27-29-31-33-37-43(44-41-36-35-40(6-3)39-42(41)45-43)38-34-32-30-28-26-24-22-20-18-16-14-12-10-8-5-2/h11-14,17-20,40-42H,4-10,15-16,21-39H2,1-3H3/b13-11-,14-12-,19-17-,20-18-/t40-,41-,42-/m1/s1. The molecule has 2 fully saturated rings. The molecule has 0 bridgehead atoms. The Kier molecular flexibility index (Phi) is 24.9. The van der Waals surface area contributed by atoms with Crippen LogP contribution in [0.5, 0.6) is 0 Å². The van der Waals surface area contributed by atoms with Gasteiger partial charge in [0.1, 0.15) is 0 Å². The van der Waals surface area contributed by atoms with Gasteiger partial charge in [-0.15, -0.1) is 0 Å². The molecular formula is C43H76O2. The molecule has 260 valence electrons. The van der Waals surface area contributed by atoms with Crippen LogP contribution >= 0.6 is 0 Å². The van der Waals surface area contributed by atoms with Crippen LogP contribution in [-0.2, 0) is 9.47 Å². The minimum atomic E-state index is -0.288. The first-order valence-electron chi connectivity index (χ1n) is 20.2. The number of allylic oxidation sites excluding steroid dienone is 8. The number of unbranched alkanes of at least 4 members (excludes halogenated alkanes) is 16. The van der Waals surface area contributed by atoms with E-state index in [4.69, 9.17) is 9.47 Å². The summed E-state index contributed by atoms with van der Waals surface area (Å²) < 4.78 is 13.7. The monoisotopic (exact) mass is 625 g/mol. The molecular weight excluding hydrogens is 548 g/mol. The average molecular weight is 625 g/mol. The van der Waals surface area contributed by atoms with Crippen molar-refractivity contribution in [3.63, 3.8) is 0 Å². The molecule has 45 heavy (non-hydrogen) atoms. The summed E-state index contributed by atoms with van der Waals surface area (Å²) in [6.07, 6.45) is 55.1. The maximum Gasteiger partial charge on any atom is 0.169 e. The molecule has 0 spiro atoms. The van der Waals surface area contributed by atoms with Gasteiger partial charge in [-0.1, -0.05) is 153 Å². The number of hydrogen-bond acceptors (Lipinski definition) is 2. The van der Waals surface area contributed by atoms with Gasteiger partial charge in [0.2, 0.25) is 0 Å². The smallest absolute Gasteiger partial charge is 0.169 e. The van der Waals surface area contributed by atoms with Crippen molar-refractivity contribution < 1.29 is 9.47 Å². The second-order valence-corrected chi connectivity index (χ2v) is 14.3. The summed E-state index contributed by atoms with van der Waals surface area (Å²) in [5, 5.41) is 0. The van der Waals surface area contributed by atoms with E-state index in [1.807, 2.05) is 0 Å². The van der Waals surface area contributed by atoms with Crippen molar-refractivity contribution in [2.24, 2.45) is 5.92 Å². The lowest BCUT2D eigenvalue weighted by Gasteiger charge is -2.29. The highest BCUT2D eigenvalue weighted by molar-refractivity contribution is 4.94. The Morgan fingerprint density at radius 1 is 0.467 bits per heavy atom. The molecule has 1 heterocycles. The molecule has 0 radical (unpaired) electrons. The van der Waals surface area contributed by atoms with E-state index in [1.165, 1.54) is 154 Å². The van der Waals surface area contributed by atoms with Gasteiger partial charge in [-0.05, 0) is 89.4 Å². The predicted molar refractivity (Wildman–Crippen MR) is 199 cm³/mol. The van der Waals surface area contributed by atoms with E-state index in [1.54, 1.807) is 0 Å². The third kappa shape index (κ3) is 20.0. The first-order valence-corrected chi connectivity index (χ1v) is 20.2. The molecule has 2 nitrogen and oxygen atoms in total.